The smallest absolute Gasteiger partial charge is 0.232 e. The van der Waals surface area contributed by atoms with Gasteiger partial charge in [0, 0.05) is 29.0 Å². The second-order valence-electron chi connectivity index (χ2n) is 5.84. The van der Waals surface area contributed by atoms with Crippen molar-refractivity contribution in [1.29, 1.82) is 0 Å². The maximum atomic E-state index is 14.2. The molecular weight excluding hydrogens is 427 g/mol. The summed E-state index contributed by atoms with van der Waals surface area (Å²) in [6.45, 7) is 0. The van der Waals surface area contributed by atoms with Crippen molar-refractivity contribution in [2.45, 2.75) is 11.1 Å². The SMILES string of the molecule is CS(=O)(=O)c1c(F)cc(-n2nc(C(F)(F)F)cc2-c2ccc(Cl)cc2)cc1F. The van der Waals surface area contributed by atoms with E-state index in [1.807, 2.05) is 0 Å². The van der Waals surface area contributed by atoms with Crippen molar-refractivity contribution < 1.29 is 30.4 Å². The summed E-state index contributed by atoms with van der Waals surface area (Å²) >= 11 is 5.78. The van der Waals surface area contributed by atoms with Gasteiger partial charge in [-0.15, -0.1) is 0 Å². The molecule has 3 aromatic rings. The number of nitrogens with zero attached hydrogens (tertiary/aromatic N) is 2. The highest BCUT2D eigenvalue weighted by Crippen LogP contribution is 2.34. The van der Waals surface area contributed by atoms with Gasteiger partial charge >= 0.3 is 6.18 Å². The number of hydrogen-bond donors (Lipinski definition) is 0. The number of rotatable bonds is 3. The molecule has 0 radical (unpaired) electrons. The summed E-state index contributed by atoms with van der Waals surface area (Å²) in [5.41, 5.74) is -1.57. The van der Waals surface area contributed by atoms with E-state index in [-0.39, 0.29) is 11.3 Å². The number of benzene rings is 2. The molecule has 0 fully saturated rings. The second-order valence-corrected chi connectivity index (χ2v) is 8.23. The summed E-state index contributed by atoms with van der Waals surface area (Å²) in [5, 5.41) is 3.73. The topological polar surface area (TPSA) is 52.0 Å². The first kappa shape index (κ1) is 20.3. The Morgan fingerprint density at radius 2 is 1.54 bits per heavy atom. The van der Waals surface area contributed by atoms with Gasteiger partial charge in [-0.1, -0.05) is 23.7 Å². The average molecular weight is 437 g/mol. The molecule has 0 unspecified atom stereocenters. The maximum absolute atomic E-state index is 14.2. The van der Waals surface area contributed by atoms with Crippen molar-refractivity contribution in [3.05, 3.63) is 64.8 Å². The van der Waals surface area contributed by atoms with Crippen molar-refractivity contribution in [3.63, 3.8) is 0 Å². The van der Waals surface area contributed by atoms with E-state index in [0.29, 0.717) is 34.2 Å². The minimum Gasteiger partial charge on any atom is -0.232 e. The minimum atomic E-state index is -4.81. The van der Waals surface area contributed by atoms with Crippen molar-refractivity contribution in [2.24, 2.45) is 0 Å². The van der Waals surface area contributed by atoms with Crippen molar-refractivity contribution in [3.8, 4) is 16.9 Å². The third kappa shape index (κ3) is 3.88. The molecule has 0 spiro atoms. The Kier molecular flexibility index (Phi) is 4.96. The lowest BCUT2D eigenvalue weighted by atomic mass is 10.1. The van der Waals surface area contributed by atoms with Gasteiger partial charge in [0.05, 0.1) is 11.4 Å². The minimum absolute atomic E-state index is 0.116. The van der Waals surface area contributed by atoms with E-state index < -0.39 is 43.9 Å². The van der Waals surface area contributed by atoms with Crippen LogP contribution in [-0.4, -0.2) is 24.5 Å². The van der Waals surface area contributed by atoms with E-state index in [1.165, 1.54) is 24.3 Å². The molecule has 0 bridgehead atoms. The summed E-state index contributed by atoms with van der Waals surface area (Å²) in [5.74, 6) is -2.88. The fourth-order valence-corrected chi connectivity index (χ4v) is 3.52. The number of alkyl halides is 3. The first-order valence-electron chi connectivity index (χ1n) is 7.50. The normalized spacial score (nSPS) is 12.4. The molecule has 0 aliphatic rings. The van der Waals surface area contributed by atoms with Gasteiger partial charge in [-0.3, -0.25) is 0 Å². The van der Waals surface area contributed by atoms with Crippen LogP contribution in [0.4, 0.5) is 22.0 Å². The van der Waals surface area contributed by atoms with E-state index in [4.69, 9.17) is 11.6 Å². The molecule has 0 amide bonds. The maximum Gasteiger partial charge on any atom is 0.435 e. The van der Waals surface area contributed by atoms with Gasteiger partial charge in [-0.05, 0) is 18.2 Å². The lowest BCUT2D eigenvalue weighted by molar-refractivity contribution is -0.141. The third-order valence-corrected chi connectivity index (χ3v) is 5.12. The van der Waals surface area contributed by atoms with Gasteiger partial charge in [0.15, 0.2) is 15.5 Å². The molecule has 1 heterocycles. The van der Waals surface area contributed by atoms with Gasteiger partial charge in [0.2, 0.25) is 0 Å². The Bertz CT molecular complexity index is 1130. The van der Waals surface area contributed by atoms with Crippen LogP contribution in [0.1, 0.15) is 5.69 Å². The van der Waals surface area contributed by atoms with Crippen LogP contribution >= 0.6 is 11.6 Å². The molecular formula is C17H10ClF5N2O2S. The Hall–Kier alpha value is -2.46. The lowest BCUT2D eigenvalue weighted by Gasteiger charge is -2.10. The van der Waals surface area contributed by atoms with E-state index in [9.17, 15) is 30.4 Å². The van der Waals surface area contributed by atoms with E-state index in [0.717, 1.165) is 0 Å². The van der Waals surface area contributed by atoms with Crippen LogP contribution in [-0.2, 0) is 16.0 Å². The number of aromatic nitrogens is 2. The van der Waals surface area contributed by atoms with Crippen molar-refractivity contribution in [2.75, 3.05) is 6.26 Å². The van der Waals surface area contributed by atoms with Crippen molar-refractivity contribution in [1.82, 2.24) is 9.78 Å². The molecule has 0 aliphatic heterocycles. The Balaban J connectivity index is 2.27. The van der Waals surface area contributed by atoms with Crippen LogP contribution in [0.25, 0.3) is 16.9 Å². The molecule has 4 nitrogen and oxygen atoms in total. The van der Waals surface area contributed by atoms with Crippen LogP contribution in [0.15, 0.2) is 47.4 Å². The van der Waals surface area contributed by atoms with Gasteiger partial charge in [0.1, 0.15) is 16.5 Å². The largest absolute Gasteiger partial charge is 0.435 e. The molecule has 3 rings (SSSR count). The second kappa shape index (κ2) is 6.85. The van der Waals surface area contributed by atoms with E-state index in [1.54, 1.807) is 0 Å². The molecule has 1 aromatic heterocycles. The Labute approximate surface area is 161 Å². The molecule has 0 N–H and O–H groups in total. The Morgan fingerprint density at radius 1 is 1.00 bits per heavy atom. The highest BCUT2D eigenvalue weighted by molar-refractivity contribution is 7.90. The van der Waals surface area contributed by atoms with Gasteiger partial charge in [-0.25, -0.2) is 21.9 Å². The molecule has 11 heteroatoms. The van der Waals surface area contributed by atoms with Gasteiger partial charge in [-0.2, -0.15) is 18.3 Å². The van der Waals surface area contributed by atoms with Gasteiger partial charge in [0.25, 0.3) is 0 Å². The average Bonchev–Trinajstić information content (AvgIpc) is 2.99. The molecule has 0 aliphatic carbocycles. The predicted octanol–water partition coefficient (Wildman–Crippen LogP) is 4.89. The standard InChI is InChI=1S/C17H10ClF5N2O2S/c1-28(26,27)16-12(19)6-11(7-13(16)20)25-14(8-15(24-25)17(21,22)23)9-2-4-10(18)5-3-9/h2-8H,1H3. The fraction of sp³-hybridized carbons (Fsp3) is 0.118. The molecule has 2 aromatic carbocycles. The zero-order chi connectivity index (χ0) is 20.9. The predicted molar refractivity (Wildman–Crippen MR) is 92.0 cm³/mol. The molecule has 0 atom stereocenters. The third-order valence-electron chi connectivity index (χ3n) is 3.74. The number of halogens is 6. The number of hydrogen-bond acceptors (Lipinski definition) is 3. The summed E-state index contributed by atoms with van der Waals surface area (Å²) in [6.07, 6.45) is -4.20. The molecule has 28 heavy (non-hydrogen) atoms. The first-order valence-corrected chi connectivity index (χ1v) is 9.77. The highest BCUT2D eigenvalue weighted by atomic mass is 35.5. The lowest BCUT2D eigenvalue weighted by Crippen LogP contribution is -2.09. The van der Waals surface area contributed by atoms with Crippen LogP contribution in [0.5, 0.6) is 0 Å². The first-order chi connectivity index (χ1) is 12.9. The monoisotopic (exact) mass is 436 g/mol. The molecule has 0 saturated heterocycles. The van der Waals surface area contributed by atoms with Crippen LogP contribution in [0.2, 0.25) is 5.02 Å². The quantitative estimate of drug-likeness (QED) is 0.549. The molecule has 148 valence electrons. The van der Waals surface area contributed by atoms with Gasteiger partial charge < -0.3 is 0 Å². The van der Waals surface area contributed by atoms with Crippen molar-refractivity contribution >= 4 is 21.4 Å². The number of sulfone groups is 1. The van der Waals surface area contributed by atoms with Crippen LogP contribution in [0.3, 0.4) is 0 Å². The summed E-state index contributed by atoms with van der Waals surface area (Å²) in [6, 6.07) is 7.59. The zero-order valence-electron chi connectivity index (χ0n) is 13.9. The summed E-state index contributed by atoms with van der Waals surface area (Å²) in [7, 11) is -4.22. The van der Waals surface area contributed by atoms with E-state index in [2.05, 4.69) is 5.10 Å². The van der Waals surface area contributed by atoms with E-state index >= 15 is 0 Å². The Morgan fingerprint density at radius 3 is 2.00 bits per heavy atom. The molecule has 0 saturated carbocycles. The van der Waals surface area contributed by atoms with Crippen LogP contribution in [0, 0.1) is 11.6 Å². The van der Waals surface area contributed by atoms with Crippen LogP contribution < -0.4 is 0 Å². The highest BCUT2D eigenvalue weighted by Gasteiger charge is 2.35. The zero-order valence-corrected chi connectivity index (χ0v) is 15.5. The summed E-state index contributed by atoms with van der Waals surface area (Å²) < 4.78 is 91.5. The fourth-order valence-electron chi connectivity index (χ4n) is 2.57. The summed E-state index contributed by atoms with van der Waals surface area (Å²) in [4.78, 5) is -1.17.